The van der Waals surface area contributed by atoms with Crippen LogP contribution in [0.1, 0.15) is 37.2 Å². The highest BCUT2D eigenvalue weighted by Gasteiger charge is 2.49. The number of rotatable bonds is 6. The minimum atomic E-state index is -5.78. The molecule has 31 heavy (non-hydrogen) atoms. The number of hydrogen-bond donors (Lipinski definition) is 0. The average Bonchev–Trinajstić information content (AvgIpc) is 2.66. The van der Waals surface area contributed by atoms with E-state index in [4.69, 9.17) is 9.47 Å². The van der Waals surface area contributed by atoms with Crippen LogP contribution in [-0.2, 0) is 20.3 Å². The van der Waals surface area contributed by atoms with Gasteiger partial charge in [-0.15, -0.1) is 13.2 Å². The van der Waals surface area contributed by atoms with Crippen LogP contribution in [0.3, 0.4) is 0 Å². The van der Waals surface area contributed by atoms with Gasteiger partial charge >= 0.3 is 12.5 Å². The molecule has 0 unspecified atom stereocenters. The van der Waals surface area contributed by atoms with Gasteiger partial charge in [0.1, 0.15) is 17.2 Å². The van der Waals surface area contributed by atoms with Gasteiger partial charge in [0.25, 0.3) is 0 Å². The van der Waals surface area contributed by atoms with Crippen molar-refractivity contribution in [2.24, 2.45) is 5.92 Å². The van der Waals surface area contributed by atoms with E-state index < -0.39 is 36.0 Å². The fourth-order valence-corrected chi connectivity index (χ4v) is 3.36. The van der Waals surface area contributed by atoms with Gasteiger partial charge in [-0.1, -0.05) is 37.6 Å². The molecule has 0 bridgehead atoms. The molecular weight excluding hydrogens is 433 g/mol. The quantitative estimate of drug-likeness (QED) is 0.458. The first kappa shape index (κ1) is 23.5. The number of ether oxygens (including phenoxy) is 3. The first-order chi connectivity index (χ1) is 14.5. The normalized spacial score (nSPS) is 20.1. The summed E-state index contributed by atoms with van der Waals surface area (Å²) in [6, 6.07) is 7.15. The van der Waals surface area contributed by atoms with Gasteiger partial charge in [-0.05, 0) is 29.7 Å². The highest BCUT2D eigenvalue weighted by atomic mass is 19.4. The molecule has 2 aromatic rings. The molecule has 0 saturated carbocycles. The SMILES string of the molecule is CCCC1COC(c2ccc(-c3cc(F)c(C(F)(F)OC(F)(F)F)c(F)c3)cc2)OC1. The van der Waals surface area contributed by atoms with Crippen LogP contribution in [-0.4, -0.2) is 19.6 Å². The molecule has 170 valence electrons. The zero-order valence-corrected chi connectivity index (χ0v) is 16.3. The van der Waals surface area contributed by atoms with Gasteiger partial charge in [-0.25, -0.2) is 13.5 Å². The van der Waals surface area contributed by atoms with Crippen molar-refractivity contribution in [3.05, 3.63) is 59.2 Å². The second kappa shape index (κ2) is 9.13. The maximum absolute atomic E-state index is 14.1. The molecule has 1 aliphatic rings. The Bertz CT molecular complexity index is 866. The van der Waals surface area contributed by atoms with Crippen molar-refractivity contribution in [2.45, 2.75) is 38.5 Å². The number of halogens is 7. The molecule has 1 aliphatic heterocycles. The Hall–Kier alpha value is -2.17. The highest BCUT2D eigenvalue weighted by molar-refractivity contribution is 5.64. The number of alkyl halides is 5. The maximum atomic E-state index is 14.1. The third-order valence-corrected chi connectivity index (χ3v) is 4.76. The lowest BCUT2D eigenvalue weighted by molar-refractivity contribution is -0.432. The van der Waals surface area contributed by atoms with E-state index in [2.05, 4.69) is 11.7 Å². The second-order valence-electron chi connectivity index (χ2n) is 7.15. The molecule has 10 heteroatoms. The van der Waals surface area contributed by atoms with E-state index in [9.17, 15) is 30.7 Å². The molecule has 1 saturated heterocycles. The Labute approximate surface area is 173 Å². The Morgan fingerprint density at radius 1 is 0.903 bits per heavy atom. The summed E-state index contributed by atoms with van der Waals surface area (Å²) >= 11 is 0. The van der Waals surface area contributed by atoms with Crippen LogP contribution in [0.15, 0.2) is 36.4 Å². The van der Waals surface area contributed by atoms with E-state index in [-0.39, 0.29) is 11.1 Å². The van der Waals surface area contributed by atoms with Crippen LogP contribution in [0.25, 0.3) is 11.1 Å². The number of hydrogen-bond acceptors (Lipinski definition) is 3. The molecule has 0 radical (unpaired) electrons. The Morgan fingerprint density at radius 2 is 1.45 bits per heavy atom. The summed E-state index contributed by atoms with van der Waals surface area (Å²) in [5, 5.41) is 0. The lowest BCUT2D eigenvalue weighted by atomic mass is 10.0. The molecule has 2 aromatic carbocycles. The summed E-state index contributed by atoms with van der Waals surface area (Å²) in [7, 11) is 0. The first-order valence-electron chi connectivity index (χ1n) is 9.48. The van der Waals surface area contributed by atoms with Crippen molar-refractivity contribution < 1.29 is 44.9 Å². The van der Waals surface area contributed by atoms with Crippen molar-refractivity contribution in [1.82, 2.24) is 0 Å². The van der Waals surface area contributed by atoms with Crippen LogP contribution < -0.4 is 0 Å². The third-order valence-electron chi connectivity index (χ3n) is 4.76. The first-order valence-corrected chi connectivity index (χ1v) is 9.48. The molecular formula is C21H19F7O3. The van der Waals surface area contributed by atoms with Gasteiger partial charge in [-0.2, -0.15) is 8.78 Å². The molecule has 0 N–H and O–H groups in total. The molecule has 1 fully saturated rings. The summed E-state index contributed by atoms with van der Waals surface area (Å²) in [6.45, 7) is 3.13. The van der Waals surface area contributed by atoms with E-state index >= 15 is 0 Å². The van der Waals surface area contributed by atoms with Crippen LogP contribution in [0.2, 0.25) is 0 Å². The van der Waals surface area contributed by atoms with Gasteiger partial charge < -0.3 is 9.47 Å². The molecule has 0 aliphatic carbocycles. The Balaban J connectivity index is 1.78. The molecule has 1 heterocycles. The van der Waals surface area contributed by atoms with Crippen molar-refractivity contribution in [2.75, 3.05) is 13.2 Å². The van der Waals surface area contributed by atoms with E-state index in [0.717, 1.165) is 12.8 Å². The van der Waals surface area contributed by atoms with E-state index in [0.29, 0.717) is 36.8 Å². The van der Waals surface area contributed by atoms with Crippen LogP contribution in [0, 0.1) is 17.6 Å². The van der Waals surface area contributed by atoms with E-state index in [1.807, 2.05) is 0 Å². The molecule has 0 aromatic heterocycles. The fraction of sp³-hybridized carbons (Fsp3) is 0.429. The predicted molar refractivity (Wildman–Crippen MR) is 95.9 cm³/mol. The monoisotopic (exact) mass is 452 g/mol. The minimum absolute atomic E-state index is 0.137. The van der Waals surface area contributed by atoms with Crippen molar-refractivity contribution in [1.29, 1.82) is 0 Å². The molecule has 0 atom stereocenters. The average molecular weight is 452 g/mol. The lowest BCUT2D eigenvalue weighted by Crippen LogP contribution is -2.29. The highest BCUT2D eigenvalue weighted by Crippen LogP contribution is 2.40. The van der Waals surface area contributed by atoms with Crippen molar-refractivity contribution in [3.63, 3.8) is 0 Å². The van der Waals surface area contributed by atoms with Crippen molar-refractivity contribution >= 4 is 0 Å². The van der Waals surface area contributed by atoms with Gasteiger partial charge in [0.15, 0.2) is 6.29 Å². The van der Waals surface area contributed by atoms with Crippen LogP contribution >= 0.6 is 0 Å². The summed E-state index contributed by atoms with van der Waals surface area (Å²) < 4.78 is 106. The van der Waals surface area contributed by atoms with Crippen LogP contribution in [0.4, 0.5) is 30.7 Å². The summed E-state index contributed by atoms with van der Waals surface area (Å²) in [5.41, 5.74) is -1.34. The number of benzene rings is 2. The van der Waals surface area contributed by atoms with Crippen molar-refractivity contribution in [3.8, 4) is 11.1 Å². The molecule has 0 spiro atoms. The topological polar surface area (TPSA) is 27.7 Å². The second-order valence-corrected chi connectivity index (χ2v) is 7.15. The summed E-state index contributed by atoms with van der Waals surface area (Å²) in [6.07, 6.45) is -9.62. The zero-order valence-electron chi connectivity index (χ0n) is 16.3. The van der Waals surface area contributed by atoms with Gasteiger partial charge in [0.05, 0.1) is 13.2 Å². The minimum Gasteiger partial charge on any atom is -0.348 e. The lowest BCUT2D eigenvalue weighted by Gasteiger charge is -2.29. The van der Waals surface area contributed by atoms with E-state index in [1.54, 1.807) is 12.1 Å². The molecule has 3 rings (SSSR count). The van der Waals surface area contributed by atoms with Crippen LogP contribution in [0.5, 0.6) is 0 Å². The van der Waals surface area contributed by atoms with Gasteiger partial charge in [-0.3, -0.25) is 0 Å². The van der Waals surface area contributed by atoms with Gasteiger partial charge in [0.2, 0.25) is 0 Å². The smallest absolute Gasteiger partial charge is 0.348 e. The third kappa shape index (κ3) is 5.75. The molecule has 0 amide bonds. The Kier molecular flexibility index (Phi) is 6.92. The largest absolute Gasteiger partial charge is 0.527 e. The standard InChI is InChI=1S/C21H19F7O3/c1-2-3-12-10-29-19(30-11-12)14-6-4-13(5-7-14)15-8-16(22)18(17(23)9-15)20(24,25)31-21(26,27)28/h4-9,12,19H,2-3,10-11H2,1H3. The zero-order chi connectivity index (χ0) is 22.8. The Morgan fingerprint density at radius 3 is 1.94 bits per heavy atom. The molecule has 3 nitrogen and oxygen atoms in total. The van der Waals surface area contributed by atoms with E-state index in [1.165, 1.54) is 12.1 Å². The summed E-state index contributed by atoms with van der Waals surface area (Å²) in [4.78, 5) is 0. The summed E-state index contributed by atoms with van der Waals surface area (Å²) in [5.74, 6) is -3.42. The fourth-order valence-electron chi connectivity index (χ4n) is 3.36. The van der Waals surface area contributed by atoms with Gasteiger partial charge in [0, 0.05) is 11.5 Å². The maximum Gasteiger partial charge on any atom is 0.527 e. The predicted octanol–water partition coefficient (Wildman–Crippen LogP) is 6.68.